The minimum atomic E-state index is -0.800. The van der Waals surface area contributed by atoms with Crippen LogP contribution >= 0.6 is 0 Å². The molecule has 0 aromatic rings. The smallest absolute Gasteiger partial charge is 0.318 e. The van der Waals surface area contributed by atoms with Crippen LogP contribution in [0.15, 0.2) is 0 Å². The first kappa shape index (κ1) is 15.9. The summed E-state index contributed by atoms with van der Waals surface area (Å²) in [6.45, 7) is 0.213. The van der Waals surface area contributed by atoms with Crippen LogP contribution < -0.4 is 10.6 Å². The monoisotopic (exact) mass is 285 g/mol. The van der Waals surface area contributed by atoms with E-state index in [0.29, 0.717) is 13.0 Å². The van der Waals surface area contributed by atoms with Gasteiger partial charge < -0.3 is 15.3 Å². The van der Waals surface area contributed by atoms with Crippen molar-refractivity contribution >= 4 is 23.8 Å². The van der Waals surface area contributed by atoms with Crippen LogP contribution in [-0.4, -0.2) is 53.5 Å². The summed E-state index contributed by atoms with van der Waals surface area (Å²) >= 11 is 0. The molecular formula is C12H19N3O5. The third kappa shape index (κ3) is 6.17. The molecule has 4 amide bonds. The fourth-order valence-corrected chi connectivity index (χ4v) is 1.84. The normalized spacial score (nSPS) is 14.9. The second kappa shape index (κ2) is 8.13. The molecule has 8 heteroatoms. The van der Waals surface area contributed by atoms with Crippen molar-refractivity contribution < 1.29 is 24.3 Å². The van der Waals surface area contributed by atoms with Crippen LogP contribution in [0.5, 0.6) is 0 Å². The average molecular weight is 285 g/mol. The second-order valence-corrected chi connectivity index (χ2v) is 4.62. The molecule has 0 atom stereocenters. The number of aliphatic carboxylic acids is 1. The zero-order chi connectivity index (χ0) is 15.0. The lowest BCUT2D eigenvalue weighted by molar-refractivity contribution is -0.137. The van der Waals surface area contributed by atoms with Crippen molar-refractivity contribution in [1.82, 2.24) is 15.5 Å². The highest BCUT2D eigenvalue weighted by molar-refractivity contribution is 6.02. The Morgan fingerprint density at radius 1 is 1.10 bits per heavy atom. The summed E-state index contributed by atoms with van der Waals surface area (Å²) in [5.41, 5.74) is 0. The lowest BCUT2D eigenvalue weighted by Gasteiger charge is -2.25. The van der Waals surface area contributed by atoms with E-state index >= 15 is 0 Å². The number of carbonyl (C=O) groups excluding carboxylic acids is 3. The van der Waals surface area contributed by atoms with Gasteiger partial charge in [-0.3, -0.25) is 19.7 Å². The highest BCUT2D eigenvalue weighted by Gasteiger charge is 2.25. The predicted molar refractivity (Wildman–Crippen MR) is 68.8 cm³/mol. The van der Waals surface area contributed by atoms with Gasteiger partial charge >= 0.3 is 12.0 Å². The number of nitrogens with one attached hydrogen (secondary N) is 2. The van der Waals surface area contributed by atoms with Crippen LogP contribution in [0.4, 0.5) is 4.79 Å². The quantitative estimate of drug-likeness (QED) is 0.438. The van der Waals surface area contributed by atoms with Crippen LogP contribution in [0, 0.1) is 0 Å². The summed E-state index contributed by atoms with van der Waals surface area (Å²) in [7, 11) is 0. The molecule has 0 saturated carbocycles. The number of unbranched alkanes of at least 4 members (excludes halogenated alkanes) is 3. The van der Waals surface area contributed by atoms with Gasteiger partial charge in [0.1, 0.15) is 13.1 Å². The summed E-state index contributed by atoms with van der Waals surface area (Å²) in [6, 6.07) is -0.432. The largest absolute Gasteiger partial charge is 0.481 e. The Labute approximate surface area is 116 Å². The van der Waals surface area contributed by atoms with Crippen molar-refractivity contribution in [2.24, 2.45) is 0 Å². The maximum Gasteiger partial charge on any atom is 0.318 e. The molecule has 1 heterocycles. The Balaban J connectivity index is 2.09. The number of piperazine rings is 1. The van der Waals surface area contributed by atoms with Gasteiger partial charge in [0.05, 0.1) is 0 Å². The van der Waals surface area contributed by atoms with Crippen molar-refractivity contribution in [2.45, 2.75) is 32.1 Å². The van der Waals surface area contributed by atoms with Gasteiger partial charge in [0.15, 0.2) is 0 Å². The van der Waals surface area contributed by atoms with Crippen molar-refractivity contribution in [1.29, 1.82) is 0 Å². The van der Waals surface area contributed by atoms with Gasteiger partial charge in [0.25, 0.3) is 0 Å². The van der Waals surface area contributed by atoms with Crippen molar-refractivity contribution in [3.05, 3.63) is 0 Å². The van der Waals surface area contributed by atoms with E-state index in [1.807, 2.05) is 0 Å². The lowest BCUT2D eigenvalue weighted by Crippen LogP contribution is -2.55. The molecule has 3 N–H and O–H groups in total. The van der Waals surface area contributed by atoms with E-state index in [9.17, 15) is 19.2 Å². The minimum Gasteiger partial charge on any atom is -0.481 e. The first-order valence-corrected chi connectivity index (χ1v) is 6.56. The van der Waals surface area contributed by atoms with Crippen LogP contribution in [-0.2, 0) is 14.4 Å². The van der Waals surface area contributed by atoms with Gasteiger partial charge in [-0.1, -0.05) is 12.8 Å². The highest BCUT2D eigenvalue weighted by Crippen LogP contribution is 2.02. The van der Waals surface area contributed by atoms with Gasteiger partial charge in [-0.05, 0) is 12.8 Å². The topological polar surface area (TPSA) is 116 Å². The number of nitrogens with zero attached hydrogens (tertiary/aromatic N) is 1. The maximum absolute atomic E-state index is 11.7. The second-order valence-electron chi connectivity index (χ2n) is 4.62. The van der Waals surface area contributed by atoms with E-state index < -0.39 is 23.8 Å². The molecular weight excluding hydrogens is 266 g/mol. The van der Waals surface area contributed by atoms with Gasteiger partial charge in [-0.25, -0.2) is 4.79 Å². The number of urea groups is 1. The summed E-state index contributed by atoms with van der Waals surface area (Å²) in [5.74, 6) is -1.76. The molecule has 1 rings (SSSR count). The van der Waals surface area contributed by atoms with E-state index in [0.717, 1.165) is 24.2 Å². The molecule has 1 aliphatic rings. The van der Waals surface area contributed by atoms with E-state index in [4.69, 9.17) is 5.11 Å². The minimum absolute atomic E-state index is 0.115. The number of imide groups is 1. The van der Waals surface area contributed by atoms with E-state index in [2.05, 4.69) is 10.6 Å². The van der Waals surface area contributed by atoms with Gasteiger partial charge in [-0.15, -0.1) is 0 Å². The van der Waals surface area contributed by atoms with Crippen LogP contribution in [0.25, 0.3) is 0 Å². The Hall–Kier alpha value is -2.12. The molecule has 0 unspecified atom stereocenters. The van der Waals surface area contributed by atoms with E-state index in [1.54, 1.807) is 0 Å². The van der Waals surface area contributed by atoms with Crippen molar-refractivity contribution in [3.63, 3.8) is 0 Å². The van der Waals surface area contributed by atoms with Gasteiger partial charge in [0, 0.05) is 13.0 Å². The van der Waals surface area contributed by atoms with Crippen LogP contribution in [0.3, 0.4) is 0 Å². The Morgan fingerprint density at radius 3 is 2.30 bits per heavy atom. The summed E-state index contributed by atoms with van der Waals surface area (Å²) in [4.78, 5) is 45.3. The number of carboxylic acids is 1. The average Bonchev–Trinajstić information content (AvgIpc) is 2.35. The predicted octanol–water partition coefficient (Wildman–Crippen LogP) is -0.310. The molecule has 0 aliphatic carbocycles. The molecule has 0 aromatic heterocycles. The standard InChI is InChI=1S/C12H19N3O5/c16-9-7-15(8-10(17)14-9)12(20)13-6-4-2-1-3-5-11(18)19/h1-8H2,(H,13,20)(H,18,19)(H,14,16,17). The first-order valence-electron chi connectivity index (χ1n) is 6.56. The van der Waals surface area contributed by atoms with E-state index in [-0.39, 0.29) is 19.5 Å². The van der Waals surface area contributed by atoms with Crippen LogP contribution in [0.2, 0.25) is 0 Å². The molecule has 0 spiro atoms. The molecule has 1 fully saturated rings. The number of carboxylic acid groups (broad SMARTS) is 1. The third-order valence-corrected chi connectivity index (χ3v) is 2.83. The van der Waals surface area contributed by atoms with Crippen LogP contribution in [0.1, 0.15) is 32.1 Å². The lowest BCUT2D eigenvalue weighted by atomic mass is 10.1. The Morgan fingerprint density at radius 2 is 1.70 bits per heavy atom. The van der Waals surface area contributed by atoms with Crippen molar-refractivity contribution in [2.75, 3.05) is 19.6 Å². The number of hydrogen-bond donors (Lipinski definition) is 3. The SMILES string of the molecule is O=C(O)CCCCCCNC(=O)N1CC(=O)NC(=O)C1. The molecule has 0 radical (unpaired) electrons. The summed E-state index contributed by atoms with van der Waals surface area (Å²) in [6.07, 6.45) is 3.15. The van der Waals surface area contributed by atoms with Gasteiger partial charge in [0.2, 0.25) is 11.8 Å². The number of hydrogen-bond acceptors (Lipinski definition) is 4. The maximum atomic E-state index is 11.7. The zero-order valence-corrected chi connectivity index (χ0v) is 11.2. The Bertz CT molecular complexity index is 381. The molecule has 20 heavy (non-hydrogen) atoms. The number of carbonyl (C=O) groups is 4. The molecule has 1 aliphatic heterocycles. The first-order chi connectivity index (χ1) is 9.49. The fourth-order valence-electron chi connectivity index (χ4n) is 1.84. The molecule has 112 valence electrons. The molecule has 1 saturated heterocycles. The van der Waals surface area contributed by atoms with Gasteiger partial charge in [-0.2, -0.15) is 0 Å². The number of rotatable bonds is 7. The summed E-state index contributed by atoms with van der Waals surface area (Å²) in [5, 5.41) is 13.2. The van der Waals surface area contributed by atoms with E-state index in [1.165, 1.54) is 0 Å². The van der Waals surface area contributed by atoms with Crippen molar-refractivity contribution in [3.8, 4) is 0 Å². The molecule has 8 nitrogen and oxygen atoms in total. The molecule has 0 bridgehead atoms. The fraction of sp³-hybridized carbons (Fsp3) is 0.667. The number of amides is 4. The third-order valence-electron chi connectivity index (χ3n) is 2.83. The highest BCUT2D eigenvalue weighted by atomic mass is 16.4. The molecule has 0 aromatic carbocycles. The Kier molecular flexibility index (Phi) is 6.48. The zero-order valence-electron chi connectivity index (χ0n) is 11.2. The summed E-state index contributed by atoms with van der Waals surface area (Å²) < 4.78 is 0.